The molecule has 1 unspecified atom stereocenters. The first kappa shape index (κ1) is 19.8. The van der Waals surface area contributed by atoms with Crippen LogP contribution >= 0.6 is 23.2 Å². The van der Waals surface area contributed by atoms with Crippen LogP contribution in [0.3, 0.4) is 0 Å². The Bertz CT molecular complexity index is 1030. The summed E-state index contributed by atoms with van der Waals surface area (Å²) in [5, 5.41) is 15.7. The summed E-state index contributed by atoms with van der Waals surface area (Å²) >= 11 is 12.1. The van der Waals surface area contributed by atoms with Crippen molar-refractivity contribution in [2.75, 3.05) is 19.7 Å². The Morgan fingerprint density at radius 3 is 2.69 bits per heavy atom. The molecular formula is C19H16Cl2N4O4. The summed E-state index contributed by atoms with van der Waals surface area (Å²) in [6.45, 7) is 2.41. The Morgan fingerprint density at radius 1 is 1.17 bits per heavy atom. The molecule has 0 amide bonds. The number of nitro groups is 1. The molecule has 1 fully saturated rings. The summed E-state index contributed by atoms with van der Waals surface area (Å²) in [4.78, 5) is 16.9. The minimum absolute atomic E-state index is 0.0131. The predicted octanol–water partition coefficient (Wildman–Crippen LogP) is 4.53. The lowest BCUT2D eigenvalue weighted by molar-refractivity contribution is -0.384. The zero-order valence-corrected chi connectivity index (χ0v) is 16.6. The molecule has 2 heterocycles. The van der Waals surface area contributed by atoms with E-state index >= 15 is 0 Å². The summed E-state index contributed by atoms with van der Waals surface area (Å²) in [5.74, 6) is 0.859. The summed E-state index contributed by atoms with van der Waals surface area (Å²) < 4.78 is 11.2. The molecule has 150 valence electrons. The van der Waals surface area contributed by atoms with E-state index in [0.717, 1.165) is 12.1 Å². The topological polar surface area (TPSA) is 94.5 Å². The van der Waals surface area contributed by atoms with Gasteiger partial charge in [0.05, 0.1) is 34.2 Å². The SMILES string of the molecule is O=[N+]([O-])c1ccc(-c2noc(CN3CCOC(c4ccc(Cl)c(Cl)c4)C3)n2)cc1. The van der Waals surface area contributed by atoms with Gasteiger partial charge in [0.2, 0.25) is 11.7 Å². The highest BCUT2D eigenvalue weighted by molar-refractivity contribution is 6.42. The predicted molar refractivity (Wildman–Crippen MR) is 107 cm³/mol. The van der Waals surface area contributed by atoms with Crippen LogP contribution in [0.4, 0.5) is 5.69 Å². The molecule has 1 saturated heterocycles. The molecule has 1 aliphatic rings. The lowest BCUT2D eigenvalue weighted by Gasteiger charge is -2.32. The third-order valence-electron chi connectivity index (χ3n) is 4.63. The fourth-order valence-electron chi connectivity index (χ4n) is 3.12. The second-order valence-corrected chi connectivity index (χ2v) is 7.40. The fraction of sp³-hybridized carbons (Fsp3) is 0.263. The maximum atomic E-state index is 10.8. The number of morpholine rings is 1. The van der Waals surface area contributed by atoms with Gasteiger partial charge in [0, 0.05) is 30.8 Å². The smallest absolute Gasteiger partial charge is 0.269 e. The standard InChI is InChI=1S/C19H16Cl2N4O4/c20-15-6-3-13(9-16(15)21)17-10-24(7-8-28-17)11-18-22-19(23-29-18)12-1-4-14(5-2-12)25(26)27/h1-6,9,17H,7-8,10-11H2. The molecule has 1 aliphatic heterocycles. The van der Waals surface area contributed by atoms with Crippen LogP contribution in [-0.2, 0) is 11.3 Å². The highest BCUT2D eigenvalue weighted by Crippen LogP contribution is 2.29. The van der Waals surface area contributed by atoms with E-state index in [2.05, 4.69) is 15.0 Å². The average molecular weight is 435 g/mol. The van der Waals surface area contributed by atoms with Gasteiger partial charge in [0.15, 0.2) is 0 Å². The number of nitrogens with zero attached hydrogens (tertiary/aromatic N) is 4. The van der Waals surface area contributed by atoms with E-state index in [1.807, 2.05) is 12.1 Å². The molecule has 2 aromatic carbocycles. The zero-order valence-electron chi connectivity index (χ0n) is 15.1. The number of aromatic nitrogens is 2. The average Bonchev–Trinajstić information content (AvgIpc) is 3.19. The van der Waals surface area contributed by atoms with Gasteiger partial charge >= 0.3 is 0 Å². The lowest BCUT2D eigenvalue weighted by Crippen LogP contribution is -2.37. The van der Waals surface area contributed by atoms with E-state index in [1.54, 1.807) is 18.2 Å². The minimum atomic E-state index is -0.450. The lowest BCUT2D eigenvalue weighted by atomic mass is 10.1. The van der Waals surface area contributed by atoms with E-state index in [-0.39, 0.29) is 11.8 Å². The maximum Gasteiger partial charge on any atom is 0.269 e. The number of benzene rings is 2. The van der Waals surface area contributed by atoms with Crippen molar-refractivity contribution in [3.63, 3.8) is 0 Å². The fourth-order valence-corrected chi connectivity index (χ4v) is 3.43. The maximum absolute atomic E-state index is 10.8. The van der Waals surface area contributed by atoms with Crippen LogP contribution in [0, 0.1) is 10.1 Å². The van der Waals surface area contributed by atoms with Gasteiger partial charge in [-0.25, -0.2) is 0 Å². The second-order valence-electron chi connectivity index (χ2n) is 6.58. The summed E-state index contributed by atoms with van der Waals surface area (Å²) in [6, 6.07) is 11.5. The van der Waals surface area contributed by atoms with Gasteiger partial charge in [-0.3, -0.25) is 15.0 Å². The summed E-state index contributed by atoms with van der Waals surface area (Å²) in [7, 11) is 0. The summed E-state index contributed by atoms with van der Waals surface area (Å²) in [5.41, 5.74) is 1.63. The van der Waals surface area contributed by atoms with Gasteiger partial charge in [-0.15, -0.1) is 0 Å². The molecule has 0 saturated carbocycles. The van der Waals surface area contributed by atoms with Crippen LogP contribution in [-0.4, -0.2) is 39.7 Å². The van der Waals surface area contributed by atoms with Crippen LogP contribution in [0.1, 0.15) is 17.6 Å². The van der Waals surface area contributed by atoms with Crippen molar-refractivity contribution in [1.82, 2.24) is 15.0 Å². The largest absolute Gasteiger partial charge is 0.371 e. The van der Waals surface area contributed by atoms with Crippen LogP contribution in [0.25, 0.3) is 11.4 Å². The molecule has 0 bridgehead atoms. The van der Waals surface area contributed by atoms with Crippen molar-refractivity contribution in [3.8, 4) is 11.4 Å². The zero-order chi connectivity index (χ0) is 20.4. The van der Waals surface area contributed by atoms with E-state index in [9.17, 15) is 10.1 Å². The quantitative estimate of drug-likeness (QED) is 0.429. The number of ether oxygens (including phenoxy) is 1. The molecule has 3 aromatic rings. The Kier molecular flexibility index (Phi) is 5.77. The Hall–Kier alpha value is -2.52. The Morgan fingerprint density at radius 2 is 1.97 bits per heavy atom. The van der Waals surface area contributed by atoms with Gasteiger partial charge in [0.1, 0.15) is 0 Å². The number of halogens is 2. The number of nitro benzene ring substituents is 1. The molecule has 1 aromatic heterocycles. The number of non-ortho nitro benzene ring substituents is 1. The molecule has 4 rings (SSSR count). The molecule has 10 heteroatoms. The number of hydrogen-bond acceptors (Lipinski definition) is 7. The summed E-state index contributed by atoms with van der Waals surface area (Å²) in [6.07, 6.45) is -0.129. The molecule has 8 nitrogen and oxygen atoms in total. The van der Waals surface area contributed by atoms with Crippen molar-refractivity contribution < 1.29 is 14.2 Å². The van der Waals surface area contributed by atoms with Gasteiger partial charge < -0.3 is 9.26 Å². The Labute approximate surface area is 176 Å². The highest BCUT2D eigenvalue weighted by atomic mass is 35.5. The minimum Gasteiger partial charge on any atom is -0.371 e. The molecule has 0 aliphatic carbocycles. The first-order valence-electron chi connectivity index (χ1n) is 8.86. The van der Waals surface area contributed by atoms with Crippen molar-refractivity contribution in [1.29, 1.82) is 0 Å². The molecule has 0 radical (unpaired) electrons. The third kappa shape index (κ3) is 4.56. The van der Waals surface area contributed by atoms with Gasteiger partial charge in [0.25, 0.3) is 5.69 Å². The molecule has 0 N–H and O–H groups in total. The first-order chi connectivity index (χ1) is 14.0. The monoisotopic (exact) mass is 434 g/mol. The van der Waals surface area contributed by atoms with Crippen molar-refractivity contribution in [2.24, 2.45) is 0 Å². The molecule has 0 spiro atoms. The number of rotatable bonds is 5. The molecular weight excluding hydrogens is 419 g/mol. The van der Waals surface area contributed by atoms with Gasteiger partial charge in [-0.2, -0.15) is 4.98 Å². The van der Waals surface area contributed by atoms with E-state index < -0.39 is 4.92 Å². The van der Waals surface area contributed by atoms with Crippen LogP contribution in [0.15, 0.2) is 47.0 Å². The van der Waals surface area contributed by atoms with E-state index in [1.165, 1.54) is 12.1 Å². The normalized spacial score (nSPS) is 17.4. The Balaban J connectivity index is 1.42. The third-order valence-corrected chi connectivity index (χ3v) is 5.37. The van der Waals surface area contributed by atoms with E-state index in [4.69, 9.17) is 32.5 Å². The first-order valence-corrected chi connectivity index (χ1v) is 9.61. The molecule has 29 heavy (non-hydrogen) atoms. The van der Waals surface area contributed by atoms with E-state index in [0.29, 0.717) is 47.0 Å². The van der Waals surface area contributed by atoms with Crippen molar-refractivity contribution >= 4 is 28.9 Å². The highest BCUT2D eigenvalue weighted by Gasteiger charge is 2.24. The second kappa shape index (κ2) is 8.46. The van der Waals surface area contributed by atoms with Gasteiger partial charge in [-0.1, -0.05) is 34.4 Å². The van der Waals surface area contributed by atoms with Crippen molar-refractivity contribution in [2.45, 2.75) is 12.6 Å². The van der Waals surface area contributed by atoms with Crippen LogP contribution in [0.5, 0.6) is 0 Å². The molecule has 1 atom stereocenters. The van der Waals surface area contributed by atoms with Crippen LogP contribution < -0.4 is 0 Å². The number of hydrogen-bond donors (Lipinski definition) is 0. The van der Waals surface area contributed by atoms with Crippen LogP contribution in [0.2, 0.25) is 10.0 Å². The van der Waals surface area contributed by atoms with Gasteiger partial charge in [-0.05, 0) is 29.8 Å². The van der Waals surface area contributed by atoms with Crippen molar-refractivity contribution in [3.05, 3.63) is 74.1 Å².